The number of carbonyl (C=O) groups excluding carboxylic acids is 4. The molecular weight excluding hydrogens is 1420 g/mol. The zero-order valence-electron chi connectivity index (χ0n) is 52.2. The number of amides is 4. The highest BCUT2D eigenvalue weighted by molar-refractivity contribution is 7.86. The van der Waals surface area contributed by atoms with Gasteiger partial charge in [0.2, 0.25) is 23.6 Å². The van der Waals surface area contributed by atoms with Gasteiger partial charge in [0.05, 0.1) is 71.4 Å². The zero-order valence-corrected chi connectivity index (χ0v) is 55.4. The quantitative estimate of drug-likeness (QED) is 0.0443. The Morgan fingerprint density at radius 3 is 0.590 bits per heavy atom. The molecule has 0 unspecified atom stereocenters. The van der Waals surface area contributed by atoms with Gasteiger partial charge >= 0.3 is 23.9 Å². The van der Waals surface area contributed by atoms with Gasteiger partial charge in [-0.1, -0.05) is 0 Å². The van der Waals surface area contributed by atoms with Gasteiger partial charge in [0.25, 0.3) is 40.5 Å². The molecule has 4 aliphatic heterocycles. The summed E-state index contributed by atoms with van der Waals surface area (Å²) in [6.45, 7) is -4.82. The molecule has 36 nitrogen and oxygen atoms in total. The van der Waals surface area contributed by atoms with E-state index in [1.54, 1.807) is 0 Å². The van der Waals surface area contributed by atoms with Crippen molar-refractivity contribution in [1.29, 1.82) is 0 Å². The Morgan fingerprint density at radius 1 is 0.310 bits per heavy atom. The molecule has 0 saturated carbocycles. The average molecular weight is 1490 g/mol. The molecule has 4 atom stereocenters. The largest absolute Gasteiger partial charge is 0.507 e. The number of rotatable bonds is 24. The van der Waals surface area contributed by atoms with Crippen LogP contribution in [0.4, 0.5) is 0 Å². The summed E-state index contributed by atoms with van der Waals surface area (Å²) in [5.41, 5.74) is -10.7. The highest BCUT2D eigenvalue weighted by Gasteiger charge is 2.46. The Balaban J connectivity index is 1.57. The topological polar surface area (TPSA) is 610 Å². The Labute approximate surface area is 567 Å². The molecule has 4 amide bonds. The number of phenols is 8. The van der Waals surface area contributed by atoms with E-state index in [4.69, 9.17) is 0 Å². The van der Waals surface area contributed by atoms with Gasteiger partial charge in [-0.3, -0.25) is 37.4 Å². The predicted octanol–water partition coefficient (Wildman–Crippen LogP) is 1.59. The van der Waals surface area contributed by atoms with Crippen molar-refractivity contribution in [2.24, 2.45) is 0 Å². The van der Waals surface area contributed by atoms with Crippen LogP contribution in [-0.2, 0) is 105 Å². The summed E-state index contributed by atoms with van der Waals surface area (Å²) >= 11 is 0. The van der Waals surface area contributed by atoms with E-state index in [1.165, 1.54) is 0 Å². The Bertz CT molecular complexity index is 3910. The fraction of sp³-hybridized carbons (Fsp3) is 0.467. The standard InChI is InChI=1S/C60H68N4O32S4/c65-45-5-1-41(57(77)78)61(45)21-37-49(69)29-17-30(50(37)70)26(10-14-98(88,89)90)32-19-34(54(74)39(52(32)72)23-63-43(59(81)82)3-7-47(63)67)28(12-16-100(94,95)96)36-20-35(55(75)40(56(36)76)24-64-44(60(83)84)4-8-48(64)68)27(11-15-99(91,92)93)33-18-31(25(29)9-13-97(85,86)87)51(71)38(53(33)73)22-62-42(58(79)80)2-6-46(62)66/h17-20,25-28,41-44,69-76H,1-16,21-24H2,(H,77,78)(H,79,80)(H,81,82)(H,83,84)(H,85,86,87)(H,88,89,90)(H,91,92,93)(H,94,95,96)/t25?,26?,27?,28?,41-,42-,43-,44-/m0/s1. The number of nitrogens with zero attached hydrogens (tertiary/aromatic N) is 4. The first-order chi connectivity index (χ1) is 46.4. The van der Waals surface area contributed by atoms with E-state index in [0.29, 0.717) is 43.9 Å². The minimum absolute atomic E-state index is 0.425. The number of benzene rings is 4. The van der Waals surface area contributed by atoms with E-state index in [2.05, 4.69) is 0 Å². The third-order valence-electron chi connectivity index (χ3n) is 19.1. The van der Waals surface area contributed by atoms with Gasteiger partial charge in [-0.05, 0) is 75.6 Å². The van der Waals surface area contributed by atoms with E-state index in [9.17, 15) is 152 Å². The number of fused-ring (bicyclic) bond motifs is 8. The molecule has 0 spiro atoms. The van der Waals surface area contributed by atoms with Crippen LogP contribution < -0.4 is 0 Å². The number of likely N-dealkylation sites (tertiary alicyclic amines) is 4. The van der Waals surface area contributed by atoms with Crippen LogP contribution in [0.3, 0.4) is 0 Å². The molecule has 4 heterocycles. The smallest absolute Gasteiger partial charge is 0.326 e. The minimum Gasteiger partial charge on any atom is -0.507 e. The van der Waals surface area contributed by atoms with Crippen LogP contribution in [-0.4, -0.2) is 227 Å². The molecule has 16 N–H and O–H groups in total. The first kappa shape index (κ1) is 74.9. The van der Waals surface area contributed by atoms with Crippen LogP contribution in [0.15, 0.2) is 24.3 Å². The number of aliphatic carboxylic acids is 4. The normalized spacial score (nSPS) is 22.1. The minimum atomic E-state index is -5.35. The summed E-state index contributed by atoms with van der Waals surface area (Å²) in [7, 11) is -21.4. The summed E-state index contributed by atoms with van der Waals surface area (Å²) in [5, 5.41) is 145. The first-order valence-corrected chi connectivity index (χ1v) is 37.0. The van der Waals surface area contributed by atoms with Crippen molar-refractivity contribution in [3.05, 3.63) is 91.0 Å². The van der Waals surface area contributed by atoms with E-state index in [-0.39, 0.29) is 0 Å². The van der Waals surface area contributed by atoms with Crippen molar-refractivity contribution in [3.8, 4) is 46.0 Å². The number of carbonyl (C=O) groups is 8. The highest BCUT2D eigenvalue weighted by atomic mass is 32.2. The van der Waals surface area contributed by atoms with Crippen molar-refractivity contribution in [1.82, 2.24) is 19.6 Å². The zero-order chi connectivity index (χ0) is 74.1. The average Bonchev–Trinajstić information content (AvgIpc) is 0.804. The third-order valence-corrected chi connectivity index (χ3v) is 22.2. The maximum Gasteiger partial charge on any atom is 0.326 e. The van der Waals surface area contributed by atoms with Crippen LogP contribution >= 0.6 is 0 Å². The van der Waals surface area contributed by atoms with Gasteiger partial charge < -0.3 is 80.9 Å². The van der Waals surface area contributed by atoms with Crippen molar-refractivity contribution in [2.45, 2.75) is 151 Å². The molecule has 1 aliphatic carbocycles. The lowest BCUT2D eigenvalue weighted by Crippen LogP contribution is -2.38. The Kier molecular flexibility index (Phi) is 21.0. The van der Waals surface area contributed by atoms with E-state index >= 15 is 0 Å². The van der Waals surface area contributed by atoms with E-state index in [0.717, 1.165) is 0 Å². The van der Waals surface area contributed by atoms with Gasteiger partial charge in [-0.25, -0.2) is 19.2 Å². The molecule has 544 valence electrons. The third kappa shape index (κ3) is 15.4. The molecule has 4 saturated heterocycles. The number of carboxylic acid groups (broad SMARTS) is 4. The number of carboxylic acids is 4. The second kappa shape index (κ2) is 28.0. The van der Waals surface area contributed by atoms with Gasteiger partial charge in [0.1, 0.15) is 70.2 Å². The lowest BCUT2D eigenvalue weighted by molar-refractivity contribution is -0.146. The number of aromatic hydroxyl groups is 8. The molecule has 0 radical (unpaired) electrons. The van der Waals surface area contributed by atoms with E-state index < -0.39 is 375 Å². The van der Waals surface area contributed by atoms with Crippen molar-refractivity contribution in [3.63, 3.8) is 0 Å². The molecule has 4 fully saturated rings. The summed E-state index contributed by atoms with van der Waals surface area (Å²) in [6.07, 6.45) is -8.46. The fourth-order valence-electron chi connectivity index (χ4n) is 14.2. The van der Waals surface area contributed by atoms with Crippen LogP contribution in [0.25, 0.3) is 0 Å². The highest BCUT2D eigenvalue weighted by Crippen LogP contribution is 2.57. The van der Waals surface area contributed by atoms with Crippen LogP contribution in [0.1, 0.15) is 167 Å². The number of hydrogen-bond donors (Lipinski definition) is 16. The van der Waals surface area contributed by atoms with Crippen molar-refractivity contribution < 1.29 is 152 Å². The van der Waals surface area contributed by atoms with Crippen LogP contribution in [0.5, 0.6) is 46.0 Å². The molecule has 40 heteroatoms. The fourth-order valence-corrected chi connectivity index (χ4v) is 16.3. The molecule has 5 aliphatic rings. The number of hydrogen-bond acceptors (Lipinski definition) is 24. The molecule has 9 rings (SSSR count). The summed E-state index contributed by atoms with van der Waals surface area (Å²) in [6, 6.07) is -4.30. The van der Waals surface area contributed by atoms with Gasteiger partial charge in [0.15, 0.2) is 0 Å². The van der Waals surface area contributed by atoms with Crippen LogP contribution in [0, 0.1) is 0 Å². The molecule has 4 aromatic carbocycles. The summed E-state index contributed by atoms with van der Waals surface area (Å²) in [5.74, 6) is -35.9. The second-order valence-corrected chi connectivity index (χ2v) is 31.4. The molecule has 4 aromatic rings. The second-order valence-electron chi connectivity index (χ2n) is 25.1. The SMILES string of the molecule is O=C(O)[C@@H]1CCC(=O)N1Cc1c(O)c2cc(c1O)C(CCS(=O)(=O)O)c1cc(c(O)c(CN3C(=O)CC[C@H]3C(=O)O)c1O)C(CCS(=O)(=O)O)c1cc(c(O)c(CN3C(=O)CC[C@H]3C(=O)O)c1O)C(CCS(=O)(=O)O)c1cc(c(O)c(CN3C(=O)CC[C@H]3C(=O)O)c1O)C2CCS(=O)(=O)O. The van der Waals surface area contributed by atoms with E-state index in [1.807, 2.05) is 0 Å². The summed E-state index contributed by atoms with van der Waals surface area (Å²) < 4.78 is 147. The molecular formula is C60H68N4O32S4. The predicted molar refractivity (Wildman–Crippen MR) is 335 cm³/mol. The lowest BCUT2D eigenvalue weighted by Gasteiger charge is -2.33. The number of phenolic OH excluding ortho intramolecular Hbond substituents is 8. The van der Waals surface area contributed by atoms with Gasteiger partial charge in [0, 0.05) is 93.9 Å². The first-order valence-electron chi connectivity index (χ1n) is 30.6. The lowest BCUT2D eigenvalue weighted by atomic mass is 9.75. The van der Waals surface area contributed by atoms with Crippen molar-refractivity contribution in [2.75, 3.05) is 23.0 Å². The van der Waals surface area contributed by atoms with Crippen LogP contribution in [0.2, 0.25) is 0 Å². The maximum absolute atomic E-state index is 13.7. The maximum atomic E-state index is 13.7. The Morgan fingerprint density at radius 2 is 0.460 bits per heavy atom. The van der Waals surface area contributed by atoms with Crippen molar-refractivity contribution >= 4 is 88.0 Å². The molecule has 0 aromatic heterocycles. The monoisotopic (exact) mass is 1480 g/mol. The Hall–Kier alpha value is -9.32. The van der Waals surface area contributed by atoms with Gasteiger partial charge in [-0.15, -0.1) is 0 Å². The summed E-state index contributed by atoms with van der Waals surface area (Å²) in [4.78, 5) is 109. The molecule has 8 bridgehead atoms. The van der Waals surface area contributed by atoms with Gasteiger partial charge in [-0.2, -0.15) is 33.7 Å². The molecule has 100 heavy (non-hydrogen) atoms.